The third-order valence-corrected chi connectivity index (χ3v) is 0. The van der Waals surface area contributed by atoms with Gasteiger partial charge in [-0.15, -0.1) is 0 Å². The van der Waals surface area contributed by atoms with E-state index in [1.54, 1.807) is 0 Å². The minimum atomic E-state index is -5.14. The van der Waals surface area contributed by atoms with Gasteiger partial charge in [0.1, 0.15) is 0 Å². The van der Waals surface area contributed by atoms with Crippen molar-refractivity contribution in [3.8, 4) is 0 Å². The molecule has 0 aromatic rings. The van der Waals surface area contributed by atoms with Crippen molar-refractivity contribution < 1.29 is 171 Å². The zero-order chi connectivity index (χ0) is 9.00. The number of phosphoric acid groups is 2. The average molecular weight is 294 g/mol. The van der Waals surface area contributed by atoms with E-state index in [2.05, 4.69) is 0 Å². The van der Waals surface area contributed by atoms with Crippen LogP contribution in [-0.2, 0) is 9.13 Å². The molecule has 0 atom stereocenters. The molecule has 8 nitrogen and oxygen atoms in total. The first kappa shape index (κ1) is 30.5. The molecule has 0 fully saturated rings. The maximum Gasteiger partial charge on any atom is 1.00 e. The molecule has 0 spiro atoms. The Bertz CT molecular complexity index is 132. The Morgan fingerprint density at radius 2 is 0.846 bits per heavy atom. The summed E-state index contributed by atoms with van der Waals surface area (Å²) in [7, 11) is -10.0. The third-order valence-electron chi connectivity index (χ3n) is 0. The summed E-state index contributed by atoms with van der Waals surface area (Å²) in [6.07, 6.45) is 0. The number of rotatable bonds is 0. The van der Waals surface area contributed by atoms with Crippen molar-refractivity contribution in [2.24, 2.45) is 0 Å². The second-order valence-electron chi connectivity index (χ2n) is 0.959. The molecule has 0 aliphatic rings. The molecule has 0 aliphatic heterocycles. The first-order chi connectivity index (χ1) is 4.00. The fourth-order valence-electron chi connectivity index (χ4n) is 0. The molecule has 0 bridgehead atoms. The largest absolute Gasteiger partial charge is 1.00 e. The first-order valence-corrected chi connectivity index (χ1v) is 4.54. The van der Waals surface area contributed by atoms with Crippen LogP contribution in [0.3, 0.4) is 0 Å². The summed E-state index contributed by atoms with van der Waals surface area (Å²) in [5.74, 6) is 0. The van der Waals surface area contributed by atoms with Gasteiger partial charge in [0.25, 0.3) is 7.82 Å². The molecule has 0 heterocycles. The van der Waals surface area contributed by atoms with Gasteiger partial charge in [-0.25, -0.2) is 0 Å². The van der Waals surface area contributed by atoms with E-state index in [0.717, 1.165) is 0 Å². The van der Waals surface area contributed by atoms with Gasteiger partial charge in [-0.2, -0.15) is 0 Å². The molecule has 0 rings (SSSR count). The Hall–Kier alpha value is 4.49. The molecule has 0 aromatic heterocycles. The normalized spacial score (nSPS) is 9.08. The smallest absolute Gasteiger partial charge is 0.790 e. The van der Waals surface area contributed by atoms with Crippen LogP contribution >= 0.6 is 15.6 Å². The monoisotopic (exact) mass is 294 g/mol. The standard InChI is InChI=1S/2K.Na.2H3O4P/c;;;2*1-5(2,3)4/h;;;2*(H3,1,2,3,4)/q3*+1;;/p-3. The molecule has 64 valence electrons. The van der Waals surface area contributed by atoms with E-state index in [-0.39, 0.29) is 132 Å². The fraction of sp³-hybridized carbons (Fsp3) is 0. The maximum atomic E-state index is 8.77. The van der Waals surface area contributed by atoms with Crippen LogP contribution in [0.15, 0.2) is 0 Å². The molecule has 0 aromatic carbocycles. The molecule has 0 aliphatic carbocycles. The molecular formula is H3K2NaO8P2. The van der Waals surface area contributed by atoms with Crippen molar-refractivity contribution in [2.75, 3.05) is 0 Å². The molecule has 13 heavy (non-hydrogen) atoms. The zero-order valence-electron chi connectivity index (χ0n) is 7.28. The Morgan fingerprint density at radius 1 is 0.846 bits per heavy atom. The van der Waals surface area contributed by atoms with Crippen LogP contribution in [0.1, 0.15) is 0 Å². The third kappa shape index (κ3) is 172. The van der Waals surface area contributed by atoms with Crippen molar-refractivity contribution in [3.63, 3.8) is 0 Å². The van der Waals surface area contributed by atoms with E-state index in [1.165, 1.54) is 0 Å². The van der Waals surface area contributed by atoms with Crippen molar-refractivity contribution in [2.45, 2.75) is 0 Å². The van der Waals surface area contributed by atoms with E-state index in [4.69, 9.17) is 38.5 Å². The van der Waals surface area contributed by atoms with Crippen molar-refractivity contribution in [1.29, 1.82) is 0 Å². The Kier molecular flexibility index (Phi) is 34.1. The summed E-state index contributed by atoms with van der Waals surface area (Å²) in [5.41, 5.74) is 0. The molecular weight excluding hydrogens is 291 g/mol. The molecule has 0 saturated carbocycles. The summed E-state index contributed by atoms with van der Waals surface area (Å²) in [6, 6.07) is 0. The van der Waals surface area contributed by atoms with Crippen LogP contribution in [0.25, 0.3) is 0 Å². The van der Waals surface area contributed by atoms with E-state index < -0.39 is 15.6 Å². The fourth-order valence-corrected chi connectivity index (χ4v) is 0. The summed E-state index contributed by atoms with van der Waals surface area (Å²) in [4.78, 5) is 47.2. The van der Waals surface area contributed by atoms with Gasteiger partial charge < -0.3 is 33.9 Å². The molecule has 0 amide bonds. The minimum absolute atomic E-state index is 0. The van der Waals surface area contributed by atoms with Gasteiger partial charge in [0.05, 0.1) is 7.82 Å². The maximum absolute atomic E-state index is 8.77. The van der Waals surface area contributed by atoms with Gasteiger partial charge in [-0.3, -0.25) is 4.57 Å². The van der Waals surface area contributed by atoms with Crippen LogP contribution in [0.5, 0.6) is 0 Å². The van der Waals surface area contributed by atoms with Crippen molar-refractivity contribution in [3.05, 3.63) is 0 Å². The minimum Gasteiger partial charge on any atom is -0.790 e. The van der Waals surface area contributed by atoms with Crippen LogP contribution in [0.4, 0.5) is 0 Å². The molecule has 0 saturated heterocycles. The first-order valence-electron chi connectivity index (χ1n) is 1.51. The molecule has 0 radical (unpaired) electrons. The van der Waals surface area contributed by atoms with E-state index >= 15 is 0 Å². The quantitative estimate of drug-likeness (QED) is 0.293. The van der Waals surface area contributed by atoms with Crippen molar-refractivity contribution in [1.82, 2.24) is 0 Å². The van der Waals surface area contributed by atoms with Gasteiger partial charge >= 0.3 is 132 Å². The van der Waals surface area contributed by atoms with Crippen LogP contribution < -0.4 is 147 Å². The summed E-state index contributed by atoms with van der Waals surface area (Å²) < 4.78 is 17.4. The van der Waals surface area contributed by atoms with Gasteiger partial charge in [0.2, 0.25) is 0 Å². The van der Waals surface area contributed by atoms with Gasteiger partial charge in [0, 0.05) is 0 Å². The SMILES string of the molecule is O=P([O-])(O)O.O=P([O-])([O-])O.[K+].[K+].[Na+]. The summed E-state index contributed by atoms with van der Waals surface area (Å²) >= 11 is 0. The van der Waals surface area contributed by atoms with Crippen LogP contribution in [0.2, 0.25) is 0 Å². The van der Waals surface area contributed by atoms with Crippen molar-refractivity contribution >= 4 is 15.6 Å². The Balaban J connectivity index is -0.0000000267. The van der Waals surface area contributed by atoms with Gasteiger partial charge in [-0.1, -0.05) is 0 Å². The predicted octanol–water partition coefficient (Wildman–Crippen LogP) is -12.7. The van der Waals surface area contributed by atoms with E-state index in [1.807, 2.05) is 0 Å². The van der Waals surface area contributed by atoms with E-state index in [9.17, 15) is 0 Å². The number of hydrogen-bond acceptors (Lipinski definition) is 5. The van der Waals surface area contributed by atoms with Gasteiger partial charge in [0.15, 0.2) is 0 Å². The van der Waals surface area contributed by atoms with Crippen LogP contribution in [-0.4, -0.2) is 14.7 Å². The number of hydrogen-bond donors (Lipinski definition) is 3. The summed E-state index contributed by atoms with van der Waals surface area (Å²) in [6.45, 7) is 0. The second-order valence-corrected chi connectivity index (χ2v) is 2.88. The average Bonchev–Trinajstić information content (AvgIpc) is 1.12. The van der Waals surface area contributed by atoms with Crippen LogP contribution in [0, 0.1) is 0 Å². The molecule has 3 N–H and O–H groups in total. The Morgan fingerprint density at radius 3 is 0.846 bits per heavy atom. The topological polar surface area (TPSA) is 164 Å². The molecule has 0 unspecified atom stereocenters. The summed E-state index contributed by atoms with van der Waals surface area (Å²) in [5, 5.41) is 0. The zero-order valence-corrected chi connectivity index (χ0v) is 17.3. The van der Waals surface area contributed by atoms with Gasteiger partial charge in [-0.05, 0) is 0 Å². The predicted molar refractivity (Wildman–Crippen MR) is 21.9 cm³/mol. The Labute approximate surface area is 182 Å². The molecule has 13 heteroatoms. The van der Waals surface area contributed by atoms with E-state index in [0.29, 0.717) is 0 Å². The second kappa shape index (κ2) is 14.6.